The van der Waals surface area contributed by atoms with Gasteiger partial charge in [-0.2, -0.15) is 5.10 Å². The van der Waals surface area contributed by atoms with Gasteiger partial charge in [0.15, 0.2) is 6.17 Å². The molecule has 2 aliphatic rings. The van der Waals surface area contributed by atoms with Crippen molar-refractivity contribution in [3.05, 3.63) is 36.4 Å². The first kappa shape index (κ1) is 11.7. The number of aliphatic imine (C=N–C) groups is 1. The van der Waals surface area contributed by atoms with E-state index in [1.165, 1.54) is 6.26 Å². The number of carbonyl (C=O) groups excluding carboxylic acids is 1. The number of esters is 1. The Labute approximate surface area is 110 Å². The minimum Gasteiger partial charge on any atom is -0.468 e. The Balaban J connectivity index is 2.08. The van der Waals surface area contributed by atoms with Crippen LogP contribution in [0.15, 0.2) is 45.2 Å². The maximum atomic E-state index is 12.4. The van der Waals surface area contributed by atoms with Crippen LogP contribution in [0.2, 0.25) is 0 Å². The summed E-state index contributed by atoms with van der Waals surface area (Å²) in [4.78, 5) is 16.8. The van der Waals surface area contributed by atoms with Crippen molar-refractivity contribution in [3.63, 3.8) is 0 Å². The Bertz CT molecular complexity index is 562. The third kappa shape index (κ3) is 1.60. The molecule has 0 amide bonds. The van der Waals surface area contributed by atoms with Gasteiger partial charge in [0.25, 0.3) is 0 Å². The molecule has 0 saturated carbocycles. The average molecular weight is 259 g/mol. The lowest BCUT2D eigenvalue weighted by Gasteiger charge is -2.30. The zero-order valence-electron chi connectivity index (χ0n) is 10.4. The number of allylic oxidation sites excluding steroid dienone is 1. The maximum Gasteiger partial charge on any atom is 0.329 e. The predicted octanol–water partition coefficient (Wildman–Crippen LogP) is 1.31. The van der Waals surface area contributed by atoms with Crippen molar-refractivity contribution in [2.24, 2.45) is 10.1 Å². The summed E-state index contributed by atoms with van der Waals surface area (Å²) in [5.74, 6) is 0.0725. The molecule has 0 bridgehead atoms. The topological polar surface area (TPSA) is 67.4 Å². The first-order chi connectivity index (χ1) is 9.29. The number of nitrogens with zero attached hydrogens (tertiary/aromatic N) is 3. The van der Waals surface area contributed by atoms with Crippen LogP contribution < -0.4 is 0 Å². The van der Waals surface area contributed by atoms with E-state index in [0.717, 1.165) is 0 Å². The molecule has 0 saturated heterocycles. The molecule has 2 atom stereocenters. The second-order valence-electron chi connectivity index (χ2n) is 4.20. The molecule has 3 rings (SSSR count). The summed E-state index contributed by atoms with van der Waals surface area (Å²) in [5.41, 5.74) is -1.12. The third-order valence-corrected chi connectivity index (χ3v) is 3.15. The zero-order chi connectivity index (χ0) is 13.3. The van der Waals surface area contributed by atoms with Crippen molar-refractivity contribution in [1.29, 1.82) is 0 Å². The van der Waals surface area contributed by atoms with Crippen LogP contribution in [-0.2, 0) is 14.9 Å². The van der Waals surface area contributed by atoms with Crippen LogP contribution in [0.5, 0.6) is 0 Å². The number of hydrazone groups is 1. The first-order valence-corrected chi connectivity index (χ1v) is 6.03. The van der Waals surface area contributed by atoms with Crippen LogP contribution in [-0.4, -0.2) is 36.2 Å². The maximum absolute atomic E-state index is 12.4. The average Bonchev–Trinajstić information content (AvgIpc) is 3.07. The third-order valence-electron chi connectivity index (χ3n) is 3.15. The molecule has 6 heteroatoms. The summed E-state index contributed by atoms with van der Waals surface area (Å²) >= 11 is 0. The van der Waals surface area contributed by atoms with Crippen LogP contribution >= 0.6 is 0 Å². The van der Waals surface area contributed by atoms with Gasteiger partial charge in [-0.15, -0.1) is 0 Å². The highest BCUT2D eigenvalue weighted by Crippen LogP contribution is 2.37. The molecule has 1 aromatic rings. The van der Waals surface area contributed by atoms with Crippen molar-refractivity contribution < 1.29 is 13.9 Å². The van der Waals surface area contributed by atoms with Crippen molar-refractivity contribution >= 4 is 18.4 Å². The SMILES string of the molecule is CCOC(=O)C1(c2ccco2)C=NN2C=CC=NC21. The fourth-order valence-corrected chi connectivity index (χ4v) is 2.27. The molecular weight excluding hydrogens is 246 g/mol. The van der Waals surface area contributed by atoms with Crippen LogP contribution in [0.4, 0.5) is 0 Å². The lowest BCUT2D eigenvalue weighted by Crippen LogP contribution is -2.49. The van der Waals surface area contributed by atoms with E-state index >= 15 is 0 Å². The van der Waals surface area contributed by atoms with Gasteiger partial charge in [-0.3, -0.25) is 9.79 Å². The quantitative estimate of drug-likeness (QED) is 0.767. The van der Waals surface area contributed by atoms with Gasteiger partial charge in [0.05, 0.1) is 19.1 Å². The molecule has 19 heavy (non-hydrogen) atoms. The Morgan fingerprint density at radius 1 is 1.63 bits per heavy atom. The van der Waals surface area contributed by atoms with Crippen molar-refractivity contribution in [3.8, 4) is 0 Å². The highest BCUT2D eigenvalue weighted by Gasteiger charge is 2.56. The van der Waals surface area contributed by atoms with Gasteiger partial charge in [-0.1, -0.05) is 0 Å². The Morgan fingerprint density at radius 2 is 2.53 bits per heavy atom. The largest absolute Gasteiger partial charge is 0.468 e. The summed E-state index contributed by atoms with van der Waals surface area (Å²) in [5, 5.41) is 5.84. The van der Waals surface area contributed by atoms with Crippen LogP contribution in [0.1, 0.15) is 12.7 Å². The molecule has 0 radical (unpaired) electrons. The molecule has 1 aromatic heterocycles. The minimum atomic E-state index is -1.12. The lowest BCUT2D eigenvalue weighted by atomic mass is 9.83. The van der Waals surface area contributed by atoms with E-state index in [0.29, 0.717) is 12.4 Å². The normalized spacial score (nSPS) is 27.6. The van der Waals surface area contributed by atoms with E-state index in [-0.39, 0.29) is 0 Å². The van der Waals surface area contributed by atoms with E-state index in [4.69, 9.17) is 9.15 Å². The van der Waals surface area contributed by atoms with Crippen molar-refractivity contribution in [2.75, 3.05) is 6.61 Å². The number of fused-ring (bicyclic) bond motifs is 1. The summed E-state index contributed by atoms with van der Waals surface area (Å²) < 4.78 is 10.6. The Hall–Kier alpha value is -2.37. The van der Waals surface area contributed by atoms with Gasteiger partial charge < -0.3 is 9.15 Å². The fraction of sp³-hybridized carbons (Fsp3) is 0.308. The van der Waals surface area contributed by atoms with E-state index in [9.17, 15) is 4.79 Å². The predicted molar refractivity (Wildman–Crippen MR) is 68.8 cm³/mol. The fourth-order valence-electron chi connectivity index (χ4n) is 2.27. The summed E-state index contributed by atoms with van der Waals surface area (Å²) in [6.45, 7) is 2.06. The molecular formula is C13H13N3O3. The van der Waals surface area contributed by atoms with E-state index < -0.39 is 17.6 Å². The molecule has 0 aromatic carbocycles. The lowest BCUT2D eigenvalue weighted by molar-refractivity contribution is -0.149. The highest BCUT2D eigenvalue weighted by atomic mass is 16.5. The number of furan rings is 1. The van der Waals surface area contributed by atoms with Crippen LogP contribution in [0.25, 0.3) is 0 Å². The van der Waals surface area contributed by atoms with Gasteiger partial charge in [-0.05, 0) is 25.1 Å². The van der Waals surface area contributed by atoms with Gasteiger partial charge >= 0.3 is 5.97 Å². The Morgan fingerprint density at radius 3 is 3.26 bits per heavy atom. The second kappa shape index (κ2) is 4.38. The molecule has 2 unspecified atom stereocenters. The van der Waals surface area contributed by atoms with E-state index in [2.05, 4.69) is 10.1 Å². The van der Waals surface area contributed by atoms with Gasteiger partial charge in [0.1, 0.15) is 5.76 Å². The molecule has 2 aliphatic heterocycles. The highest BCUT2D eigenvalue weighted by molar-refractivity contribution is 6.03. The molecule has 0 N–H and O–H groups in total. The number of hydrogen-bond donors (Lipinski definition) is 0. The van der Waals surface area contributed by atoms with Crippen LogP contribution in [0.3, 0.4) is 0 Å². The first-order valence-electron chi connectivity index (χ1n) is 6.03. The number of ether oxygens (including phenoxy) is 1. The standard InChI is InChI=1S/C13H13N3O3/c1-2-18-12(17)13(10-5-3-8-19-10)9-15-16-7-4-6-14-11(13)16/h3-9,11H,2H2,1H3. The molecule has 98 valence electrons. The van der Waals surface area contributed by atoms with Crippen LogP contribution in [0, 0.1) is 0 Å². The summed E-state index contributed by atoms with van der Waals surface area (Å²) in [6.07, 6.45) is 7.74. The molecule has 0 spiro atoms. The van der Waals surface area contributed by atoms with Crippen molar-refractivity contribution in [1.82, 2.24) is 5.01 Å². The van der Waals surface area contributed by atoms with Crippen molar-refractivity contribution in [2.45, 2.75) is 18.5 Å². The summed E-state index contributed by atoms with van der Waals surface area (Å²) in [6, 6.07) is 3.47. The smallest absolute Gasteiger partial charge is 0.329 e. The zero-order valence-corrected chi connectivity index (χ0v) is 10.4. The molecule has 0 fully saturated rings. The summed E-state index contributed by atoms with van der Waals surface area (Å²) in [7, 11) is 0. The number of rotatable bonds is 3. The molecule has 6 nitrogen and oxygen atoms in total. The number of carbonyl (C=O) groups is 1. The van der Waals surface area contributed by atoms with Gasteiger partial charge in [0, 0.05) is 12.4 Å². The monoisotopic (exact) mass is 259 g/mol. The molecule has 0 aliphatic carbocycles. The van der Waals surface area contributed by atoms with E-state index in [1.54, 1.807) is 48.8 Å². The Kier molecular flexibility index (Phi) is 2.70. The van der Waals surface area contributed by atoms with Gasteiger partial charge in [-0.25, -0.2) is 5.01 Å². The molecule has 3 heterocycles. The van der Waals surface area contributed by atoms with E-state index in [1.807, 2.05) is 0 Å². The van der Waals surface area contributed by atoms with Gasteiger partial charge in [0.2, 0.25) is 5.41 Å². The number of hydrogen-bond acceptors (Lipinski definition) is 6. The second-order valence-corrected chi connectivity index (χ2v) is 4.20. The minimum absolute atomic E-state index is 0.293.